The van der Waals surface area contributed by atoms with E-state index in [1.54, 1.807) is 6.07 Å². The Morgan fingerprint density at radius 3 is 2.60 bits per heavy atom. The first-order valence-corrected chi connectivity index (χ1v) is 7.10. The number of halogens is 1. The fraction of sp³-hybridized carbons (Fsp3) is 0.200. The van der Waals surface area contributed by atoms with Gasteiger partial charge in [-0.25, -0.2) is 4.98 Å². The third-order valence-electron chi connectivity index (χ3n) is 3.06. The van der Waals surface area contributed by atoms with Gasteiger partial charge in [0.25, 0.3) is 0 Å². The van der Waals surface area contributed by atoms with Crippen LogP contribution in [-0.2, 0) is 4.79 Å². The van der Waals surface area contributed by atoms with E-state index in [0.717, 1.165) is 15.9 Å². The summed E-state index contributed by atoms with van der Waals surface area (Å²) in [5.41, 5.74) is 8.11. The summed E-state index contributed by atoms with van der Waals surface area (Å²) in [7, 11) is 0. The van der Waals surface area contributed by atoms with E-state index in [-0.39, 0.29) is 18.4 Å². The molecule has 0 spiro atoms. The van der Waals surface area contributed by atoms with Crippen molar-refractivity contribution >= 4 is 27.5 Å². The number of nitrogens with one attached hydrogen (secondary N) is 1. The standard InChI is InChI=1S/C15H16BrN3O/c1-10-13(7-8-14(16)18-10)19-15(20)12(9-17)11-5-3-2-4-6-11/h2-8,12H,9,17H2,1H3,(H,19,20). The van der Waals surface area contributed by atoms with E-state index in [4.69, 9.17) is 5.73 Å². The van der Waals surface area contributed by atoms with Gasteiger partial charge in [0.05, 0.1) is 17.3 Å². The lowest BCUT2D eigenvalue weighted by Crippen LogP contribution is -2.27. The molecule has 0 fully saturated rings. The van der Waals surface area contributed by atoms with Crippen molar-refractivity contribution in [1.82, 2.24) is 4.98 Å². The number of anilines is 1. The Hall–Kier alpha value is -1.72. The number of hydrogen-bond acceptors (Lipinski definition) is 3. The molecule has 0 aliphatic rings. The van der Waals surface area contributed by atoms with E-state index < -0.39 is 0 Å². The summed E-state index contributed by atoms with van der Waals surface area (Å²) in [4.78, 5) is 16.6. The number of nitrogens with two attached hydrogens (primary N) is 1. The largest absolute Gasteiger partial charge is 0.329 e. The predicted molar refractivity (Wildman–Crippen MR) is 83.5 cm³/mol. The van der Waals surface area contributed by atoms with Crippen molar-refractivity contribution in [2.45, 2.75) is 12.8 Å². The summed E-state index contributed by atoms with van der Waals surface area (Å²) in [6, 6.07) is 13.1. The molecule has 1 aromatic carbocycles. The fourth-order valence-electron chi connectivity index (χ4n) is 1.96. The molecule has 104 valence electrons. The van der Waals surface area contributed by atoms with Gasteiger partial charge in [-0.2, -0.15) is 0 Å². The molecule has 0 saturated carbocycles. The minimum absolute atomic E-state index is 0.120. The monoisotopic (exact) mass is 333 g/mol. The van der Waals surface area contributed by atoms with E-state index >= 15 is 0 Å². The normalized spacial score (nSPS) is 11.9. The number of benzene rings is 1. The zero-order valence-corrected chi connectivity index (χ0v) is 12.7. The van der Waals surface area contributed by atoms with E-state index in [0.29, 0.717) is 5.69 Å². The first kappa shape index (κ1) is 14.7. The highest BCUT2D eigenvalue weighted by molar-refractivity contribution is 9.10. The molecule has 20 heavy (non-hydrogen) atoms. The van der Waals surface area contributed by atoms with Crippen LogP contribution >= 0.6 is 15.9 Å². The Kier molecular flexibility index (Phi) is 4.87. The van der Waals surface area contributed by atoms with Crippen molar-refractivity contribution in [1.29, 1.82) is 0 Å². The van der Waals surface area contributed by atoms with Crippen LogP contribution in [0.1, 0.15) is 17.2 Å². The maximum absolute atomic E-state index is 12.4. The molecule has 0 saturated heterocycles. The summed E-state index contributed by atoms with van der Waals surface area (Å²) >= 11 is 3.30. The molecule has 1 atom stereocenters. The van der Waals surface area contributed by atoms with Gasteiger partial charge in [0.2, 0.25) is 5.91 Å². The van der Waals surface area contributed by atoms with Gasteiger partial charge in [-0.1, -0.05) is 30.3 Å². The van der Waals surface area contributed by atoms with Gasteiger partial charge >= 0.3 is 0 Å². The van der Waals surface area contributed by atoms with Crippen molar-refractivity contribution in [3.05, 3.63) is 58.3 Å². The Labute approximate surface area is 126 Å². The van der Waals surface area contributed by atoms with Crippen molar-refractivity contribution in [3.8, 4) is 0 Å². The van der Waals surface area contributed by atoms with Crippen molar-refractivity contribution < 1.29 is 4.79 Å². The average molecular weight is 334 g/mol. The number of nitrogens with zero attached hydrogens (tertiary/aromatic N) is 1. The number of amides is 1. The van der Waals surface area contributed by atoms with Crippen molar-refractivity contribution in [2.24, 2.45) is 5.73 Å². The topological polar surface area (TPSA) is 68.0 Å². The third kappa shape index (κ3) is 3.43. The molecule has 0 bridgehead atoms. The highest BCUT2D eigenvalue weighted by atomic mass is 79.9. The molecule has 2 aromatic rings. The molecule has 3 N–H and O–H groups in total. The molecule has 0 aliphatic carbocycles. The summed E-state index contributed by atoms with van der Waals surface area (Å²) in [5, 5.41) is 2.88. The van der Waals surface area contributed by atoms with E-state index in [1.807, 2.05) is 43.3 Å². The van der Waals surface area contributed by atoms with Gasteiger partial charge in [-0.15, -0.1) is 0 Å². The van der Waals surface area contributed by atoms with Crippen LogP contribution in [0, 0.1) is 6.92 Å². The first-order chi connectivity index (χ1) is 9.61. The zero-order chi connectivity index (χ0) is 14.5. The number of aromatic nitrogens is 1. The molecule has 1 amide bonds. The minimum atomic E-state index is -0.362. The highest BCUT2D eigenvalue weighted by Gasteiger charge is 2.19. The predicted octanol–water partition coefficient (Wildman–Crippen LogP) is 2.83. The average Bonchev–Trinajstić information content (AvgIpc) is 2.44. The van der Waals surface area contributed by atoms with Gasteiger partial charge in [-0.05, 0) is 40.5 Å². The molecule has 4 nitrogen and oxygen atoms in total. The number of pyridine rings is 1. The smallest absolute Gasteiger partial charge is 0.233 e. The first-order valence-electron chi connectivity index (χ1n) is 6.31. The molecule has 0 radical (unpaired) electrons. The van der Waals surface area contributed by atoms with Crippen molar-refractivity contribution in [3.63, 3.8) is 0 Å². The molecular formula is C15H16BrN3O. The molecule has 5 heteroatoms. The minimum Gasteiger partial charge on any atom is -0.329 e. The summed E-state index contributed by atoms with van der Waals surface area (Å²) < 4.78 is 0.742. The molecule has 2 rings (SSSR count). The SMILES string of the molecule is Cc1nc(Br)ccc1NC(=O)C(CN)c1ccccc1. The maximum atomic E-state index is 12.4. The molecule has 1 aromatic heterocycles. The van der Waals surface area contributed by atoms with Crippen molar-refractivity contribution in [2.75, 3.05) is 11.9 Å². The quantitative estimate of drug-likeness (QED) is 0.845. The van der Waals surface area contributed by atoms with E-state index in [9.17, 15) is 4.79 Å². The van der Waals surface area contributed by atoms with Gasteiger partial charge in [-0.3, -0.25) is 4.79 Å². The second kappa shape index (κ2) is 6.63. The summed E-state index contributed by atoms with van der Waals surface area (Å²) in [5.74, 6) is -0.481. The van der Waals surface area contributed by atoms with Crippen LogP contribution in [0.25, 0.3) is 0 Å². The number of aryl methyl sites for hydroxylation is 1. The maximum Gasteiger partial charge on any atom is 0.233 e. The number of carbonyl (C=O) groups is 1. The van der Waals surface area contributed by atoms with Gasteiger partial charge in [0, 0.05) is 6.54 Å². The Balaban J connectivity index is 2.18. The Morgan fingerprint density at radius 2 is 2.00 bits per heavy atom. The third-order valence-corrected chi connectivity index (χ3v) is 3.51. The molecular weight excluding hydrogens is 318 g/mol. The van der Waals surface area contributed by atoms with Crippen LogP contribution in [0.4, 0.5) is 5.69 Å². The van der Waals surface area contributed by atoms with Gasteiger partial charge in [0.1, 0.15) is 4.60 Å². The second-order valence-electron chi connectivity index (χ2n) is 4.46. The lowest BCUT2D eigenvalue weighted by atomic mass is 9.98. The van der Waals surface area contributed by atoms with Crippen LogP contribution in [0.15, 0.2) is 47.1 Å². The molecule has 1 heterocycles. The van der Waals surface area contributed by atoms with Crippen LogP contribution in [-0.4, -0.2) is 17.4 Å². The molecule has 1 unspecified atom stereocenters. The van der Waals surface area contributed by atoms with Crippen LogP contribution < -0.4 is 11.1 Å². The number of hydrogen-bond donors (Lipinski definition) is 2. The zero-order valence-electron chi connectivity index (χ0n) is 11.1. The van der Waals surface area contributed by atoms with Gasteiger partial charge < -0.3 is 11.1 Å². The lowest BCUT2D eigenvalue weighted by molar-refractivity contribution is -0.117. The molecule has 0 aliphatic heterocycles. The van der Waals surface area contributed by atoms with Crippen LogP contribution in [0.2, 0.25) is 0 Å². The van der Waals surface area contributed by atoms with Gasteiger partial charge in [0.15, 0.2) is 0 Å². The van der Waals surface area contributed by atoms with E-state index in [2.05, 4.69) is 26.2 Å². The summed E-state index contributed by atoms with van der Waals surface area (Å²) in [6.45, 7) is 2.11. The highest BCUT2D eigenvalue weighted by Crippen LogP contribution is 2.20. The number of carbonyl (C=O) groups excluding carboxylic acids is 1. The lowest BCUT2D eigenvalue weighted by Gasteiger charge is -2.16. The second-order valence-corrected chi connectivity index (χ2v) is 5.27. The van der Waals surface area contributed by atoms with Crippen LogP contribution in [0.3, 0.4) is 0 Å². The Bertz CT molecular complexity index is 601. The fourth-order valence-corrected chi connectivity index (χ4v) is 2.36. The van der Waals surface area contributed by atoms with Crippen LogP contribution in [0.5, 0.6) is 0 Å². The van der Waals surface area contributed by atoms with E-state index in [1.165, 1.54) is 0 Å². The summed E-state index contributed by atoms with van der Waals surface area (Å²) in [6.07, 6.45) is 0. The Morgan fingerprint density at radius 1 is 1.30 bits per heavy atom. The number of rotatable bonds is 4.